The SMILES string of the molecule is CCCCCCCOc1cncc(C)c1. The highest BCUT2D eigenvalue weighted by Crippen LogP contribution is 2.11. The van der Waals surface area contributed by atoms with E-state index in [-0.39, 0.29) is 0 Å². The van der Waals surface area contributed by atoms with Gasteiger partial charge in [-0.3, -0.25) is 4.98 Å². The Balaban J connectivity index is 2.10. The van der Waals surface area contributed by atoms with E-state index in [1.54, 1.807) is 6.20 Å². The highest BCUT2D eigenvalue weighted by Gasteiger charge is 1.94. The fourth-order valence-electron chi connectivity index (χ4n) is 1.50. The number of aromatic nitrogens is 1. The average molecular weight is 207 g/mol. The molecule has 0 fully saturated rings. The minimum Gasteiger partial charge on any atom is -0.492 e. The molecule has 0 amide bonds. The molecule has 0 aliphatic heterocycles. The second-order valence-corrected chi connectivity index (χ2v) is 3.96. The van der Waals surface area contributed by atoms with E-state index in [0.717, 1.165) is 24.3 Å². The van der Waals surface area contributed by atoms with Crippen molar-refractivity contribution < 1.29 is 4.74 Å². The molecule has 0 aromatic carbocycles. The number of rotatable bonds is 7. The number of hydrogen-bond acceptors (Lipinski definition) is 2. The molecule has 1 aromatic heterocycles. The zero-order valence-corrected chi connectivity index (χ0v) is 9.83. The van der Waals surface area contributed by atoms with Gasteiger partial charge in [-0.2, -0.15) is 0 Å². The van der Waals surface area contributed by atoms with Gasteiger partial charge in [-0.25, -0.2) is 0 Å². The van der Waals surface area contributed by atoms with Gasteiger partial charge in [-0.1, -0.05) is 32.6 Å². The van der Waals surface area contributed by atoms with E-state index in [9.17, 15) is 0 Å². The summed E-state index contributed by atoms with van der Waals surface area (Å²) >= 11 is 0. The van der Waals surface area contributed by atoms with E-state index in [4.69, 9.17) is 4.74 Å². The monoisotopic (exact) mass is 207 g/mol. The number of unbranched alkanes of at least 4 members (excludes halogenated alkanes) is 4. The van der Waals surface area contributed by atoms with Crippen LogP contribution in [0.25, 0.3) is 0 Å². The van der Waals surface area contributed by atoms with E-state index < -0.39 is 0 Å². The van der Waals surface area contributed by atoms with Crippen LogP contribution in [0.2, 0.25) is 0 Å². The molecule has 0 bridgehead atoms. The average Bonchev–Trinajstić information content (AvgIpc) is 2.23. The second-order valence-electron chi connectivity index (χ2n) is 3.96. The van der Waals surface area contributed by atoms with Crippen LogP contribution < -0.4 is 4.74 Å². The Morgan fingerprint density at radius 1 is 1.13 bits per heavy atom. The first-order valence-corrected chi connectivity index (χ1v) is 5.87. The van der Waals surface area contributed by atoms with Crippen molar-refractivity contribution in [2.45, 2.75) is 46.0 Å². The van der Waals surface area contributed by atoms with Crippen LogP contribution in [-0.2, 0) is 0 Å². The molecule has 0 radical (unpaired) electrons. The zero-order chi connectivity index (χ0) is 10.9. The molecule has 0 saturated heterocycles. The van der Waals surface area contributed by atoms with Crippen LogP contribution >= 0.6 is 0 Å². The summed E-state index contributed by atoms with van der Waals surface area (Å²) in [6.45, 7) is 5.07. The van der Waals surface area contributed by atoms with E-state index in [2.05, 4.69) is 11.9 Å². The van der Waals surface area contributed by atoms with Crippen LogP contribution in [0.1, 0.15) is 44.6 Å². The molecule has 0 atom stereocenters. The van der Waals surface area contributed by atoms with Crippen molar-refractivity contribution in [3.05, 3.63) is 24.0 Å². The Morgan fingerprint density at radius 2 is 1.93 bits per heavy atom. The molecule has 2 nitrogen and oxygen atoms in total. The van der Waals surface area contributed by atoms with Crippen LogP contribution in [0.3, 0.4) is 0 Å². The molecule has 1 aromatic rings. The number of pyridine rings is 1. The Kier molecular flexibility index (Phi) is 5.83. The molecule has 2 heteroatoms. The van der Waals surface area contributed by atoms with Crippen molar-refractivity contribution in [3.63, 3.8) is 0 Å². The van der Waals surface area contributed by atoms with Gasteiger partial charge < -0.3 is 4.74 Å². The van der Waals surface area contributed by atoms with Crippen molar-refractivity contribution in [2.75, 3.05) is 6.61 Å². The van der Waals surface area contributed by atoms with Crippen molar-refractivity contribution in [2.24, 2.45) is 0 Å². The summed E-state index contributed by atoms with van der Waals surface area (Å²) in [5.74, 6) is 0.894. The van der Waals surface area contributed by atoms with E-state index in [1.165, 1.54) is 25.7 Å². The molecule has 0 aliphatic carbocycles. The third-order valence-corrected chi connectivity index (χ3v) is 2.37. The Morgan fingerprint density at radius 3 is 2.67 bits per heavy atom. The summed E-state index contributed by atoms with van der Waals surface area (Å²) in [5.41, 5.74) is 1.15. The van der Waals surface area contributed by atoms with E-state index in [1.807, 2.05) is 19.2 Å². The summed E-state index contributed by atoms with van der Waals surface area (Å²) in [6.07, 6.45) is 9.99. The van der Waals surface area contributed by atoms with Crippen molar-refractivity contribution in [3.8, 4) is 5.75 Å². The van der Waals surface area contributed by atoms with Crippen LogP contribution in [0, 0.1) is 6.92 Å². The predicted octanol–water partition coefficient (Wildman–Crippen LogP) is 3.74. The molecular formula is C13H21NO. The number of nitrogens with zero attached hydrogens (tertiary/aromatic N) is 1. The summed E-state index contributed by atoms with van der Waals surface area (Å²) in [5, 5.41) is 0. The number of hydrogen-bond donors (Lipinski definition) is 0. The first-order chi connectivity index (χ1) is 7.33. The first kappa shape index (κ1) is 12.0. The zero-order valence-electron chi connectivity index (χ0n) is 9.83. The lowest BCUT2D eigenvalue weighted by Crippen LogP contribution is -1.97. The fraction of sp³-hybridized carbons (Fsp3) is 0.615. The van der Waals surface area contributed by atoms with Crippen LogP contribution in [-0.4, -0.2) is 11.6 Å². The quantitative estimate of drug-likeness (QED) is 0.635. The number of ether oxygens (including phenoxy) is 1. The second kappa shape index (κ2) is 7.27. The first-order valence-electron chi connectivity index (χ1n) is 5.87. The van der Waals surface area contributed by atoms with Gasteiger partial charge >= 0.3 is 0 Å². The number of aryl methyl sites for hydroxylation is 1. The summed E-state index contributed by atoms with van der Waals surface area (Å²) in [4.78, 5) is 4.09. The molecular weight excluding hydrogens is 186 g/mol. The fourth-order valence-corrected chi connectivity index (χ4v) is 1.50. The maximum Gasteiger partial charge on any atom is 0.137 e. The molecule has 0 saturated carbocycles. The minimum absolute atomic E-state index is 0.814. The molecule has 0 aliphatic rings. The largest absolute Gasteiger partial charge is 0.492 e. The normalized spacial score (nSPS) is 10.3. The lowest BCUT2D eigenvalue weighted by Gasteiger charge is -2.05. The minimum atomic E-state index is 0.814. The van der Waals surface area contributed by atoms with Crippen molar-refractivity contribution in [1.29, 1.82) is 0 Å². The Bertz CT molecular complexity index is 273. The van der Waals surface area contributed by atoms with Gasteiger partial charge in [0.25, 0.3) is 0 Å². The maximum absolute atomic E-state index is 5.60. The van der Waals surface area contributed by atoms with Crippen LogP contribution in [0.4, 0.5) is 0 Å². The van der Waals surface area contributed by atoms with Crippen molar-refractivity contribution in [1.82, 2.24) is 4.98 Å². The van der Waals surface area contributed by atoms with Gasteiger partial charge in [0.05, 0.1) is 12.8 Å². The highest BCUT2D eigenvalue weighted by molar-refractivity contribution is 5.22. The highest BCUT2D eigenvalue weighted by atomic mass is 16.5. The summed E-state index contributed by atoms with van der Waals surface area (Å²) in [6, 6.07) is 2.03. The Labute approximate surface area is 92.7 Å². The molecule has 1 heterocycles. The third kappa shape index (κ3) is 5.40. The molecule has 15 heavy (non-hydrogen) atoms. The molecule has 0 N–H and O–H groups in total. The molecule has 1 rings (SSSR count). The van der Waals surface area contributed by atoms with Gasteiger partial charge in [0, 0.05) is 6.20 Å². The van der Waals surface area contributed by atoms with Gasteiger partial charge in [0.15, 0.2) is 0 Å². The summed E-state index contributed by atoms with van der Waals surface area (Å²) < 4.78 is 5.60. The van der Waals surface area contributed by atoms with Crippen LogP contribution in [0.5, 0.6) is 5.75 Å². The van der Waals surface area contributed by atoms with Gasteiger partial charge in [-0.15, -0.1) is 0 Å². The Hall–Kier alpha value is -1.05. The van der Waals surface area contributed by atoms with Gasteiger partial charge in [0.2, 0.25) is 0 Å². The topological polar surface area (TPSA) is 22.1 Å². The van der Waals surface area contributed by atoms with Crippen LogP contribution in [0.15, 0.2) is 18.5 Å². The van der Waals surface area contributed by atoms with E-state index in [0.29, 0.717) is 0 Å². The van der Waals surface area contributed by atoms with E-state index >= 15 is 0 Å². The molecule has 0 unspecified atom stereocenters. The van der Waals surface area contributed by atoms with Crippen molar-refractivity contribution >= 4 is 0 Å². The predicted molar refractivity (Wildman–Crippen MR) is 63.2 cm³/mol. The lowest BCUT2D eigenvalue weighted by atomic mass is 10.2. The summed E-state index contributed by atoms with van der Waals surface area (Å²) in [7, 11) is 0. The molecule has 84 valence electrons. The smallest absolute Gasteiger partial charge is 0.137 e. The lowest BCUT2D eigenvalue weighted by molar-refractivity contribution is 0.303. The third-order valence-electron chi connectivity index (χ3n) is 2.37. The standard InChI is InChI=1S/C13H21NO/c1-3-4-5-6-7-8-15-13-9-12(2)10-14-11-13/h9-11H,3-8H2,1-2H3. The molecule has 0 spiro atoms. The maximum atomic E-state index is 5.60. The van der Waals surface area contributed by atoms with Gasteiger partial charge in [0.1, 0.15) is 5.75 Å². The van der Waals surface area contributed by atoms with Gasteiger partial charge in [-0.05, 0) is 25.0 Å².